The van der Waals surface area contributed by atoms with E-state index in [0.29, 0.717) is 0 Å². The molecule has 13 heavy (non-hydrogen) atoms. The van der Waals surface area contributed by atoms with Crippen LogP contribution in [0.25, 0.3) is 0 Å². The zero-order valence-corrected chi connectivity index (χ0v) is 9.15. The van der Waals surface area contributed by atoms with E-state index in [1.807, 2.05) is 26.0 Å². The smallest absolute Gasteiger partial charge is 0.0435 e. The van der Waals surface area contributed by atoms with Crippen molar-refractivity contribution in [3.8, 4) is 0 Å². The van der Waals surface area contributed by atoms with E-state index in [4.69, 9.17) is 17.3 Å². The van der Waals surface area contributed by atoms with E-state index < -0.39 is 0 Å². The highest BCUT2D eigenvalue weighted by atomic mass is 35.5. The second kappa shape index (κ2) is 3.69. The molecule has 0 bridgehead atoms. The van der Waals surface area contributed by atoms with E-state index in [-0.39, 0.29) is 5.54 Å². The fourth-order valence-corrected chi connectivity index (χ4v) is 1.32. The summed E-state index contributed by atoms with van der Waals surface area (Å²) in [4.78, 5) is 0. The van der Waals surface area contributed by atoms with Crippen molar-refractivity contribution >= 4 is 11.6 Å². The van der Waals surface area contributed by atoms with Gasteiger partial charge in [-0.2, -0.15) is 0 Å². The first-order valence-corrected chi connectivity index (χ1v) is 4.90. The number of hydrogen-bond donors (Lipinski definition) is 1. The summed E-state index contributed by atoms with van der Waals surface area (Å²) in [6.45, 7) is 6.12. The van der Waals surface area contributed by atoms with Gasteiger partial charge < -0.3 is 5.73 Å². The zero-order chi connectivity index (χ0) is 10.1. The van der Waals surface area contributed by atoms with Crippen molar-refractivity contribution in [2.75, 3.05) is 0 Å². The van der Waals surface area contributed by atoms with Crippen molar-refractivity contribution in [1.82, 2.24) is 0 Å². The van der Waals surface area contributed by atoms with Gasteiger partial charge in [0.1, 0.15) is 0 Å². The topological polar surface area (TPSA) is 26.0 Å². The zero-order valence-electron chi connectivity index (χ0n) is 8.39. The van der Waals surface area contributed by atoms with Gasteiger partial charge in [0.2, 0.25) is 0 Å². The highest BCUT2D eigenvalue weighted by Gasteiger charge is 2.18. The molecule has 1 atom stereocenters. The van der Waals surface area contributed by atoms with E-state index in [2.05, 4.69) is 13.0 Å². The number of benzene rings is 1. The van der Waals surface area contributed by atoms with E-state index in [0.717, 1.165) is 22.6 Å². The van der Waals surface area contributed by atoms with Crippen LogP contribution in [0.5, 0.6) is 0 Å². The Labute approximate surface area is 84.9 Å². The Morgan fingerprint density at radius 2 is 2.08 bits per heavy atom. The Bertz CT molecular complexity index is 305. The van der Waals surface area contributed by atoms with Crippen LogP contribution in [0.15, 0.2) is 18.2 Å². The lowest BCUT2D eigenvalue weighted by molar-refractivity contribution is 0.476. The molecule has 1 unspecified atom stereocenters. The van der Waals surface area contributed by atoms with Crippen molar-refractivity contribution < 1.29 is 0 Å². The van der Waals surface area contributed by atoms with Gasteiger partial charge in [0.05, 0.1) is 0 Å². The van der Waals surface area contributed by atoms with Crippen molar-refractivity contribution in [2.45, 2.75) is 32.7 Å². The minimum Gasteiger partial charge on any atom is -0.322 e. The molecule has 0 spiro atoms. The second-order valence-electron chi connectivity index (χ2n) is 3.73. The molecule has 1 nitrogen and oxygen atoms in total. The van der Waals surface area contributed by atoms with Gasteiger partial charge in [-0.25, -0.2) is 0 Å². The molecule has 1 aromatic carbocycles. The summed E-state index contributed by atoms with van der Waals surface area (Å²) in [7, 11) is 0. The largest absolute Gasteiger partial charge is 0.322 e. The molecule has 0 fully saturated rings. The molecular formula is C11H16ClN. The molecule has 0 aliphatic rings. The Morgan fingerprint density at radius 1 is 1.46 bits per heavy atom. The molecule has 0 saturated carbocycles. The Balaban J connectivity index is 3.10. The third-order valence-corrected chi connectivity index (χ3v) is 2.98. The van der Waals surface area contributed by atoms with Crippen LogP contribution in [0.1, 0.15) is 31.4 Å². The predicted octanol–water partition coefficient (Wildman–Crippen LogP) is 3.23. The highest BCUT2D eigenvalue weighted by molar-refractivity contribution is 6.31. The van der Waals surface area contributed by atoms with Crippen LogP contribution in [0.4, 0.5) is 0 Å². The summed E-state index contributed by atoms with van der Waals surface area (Å²) in [5.74, 6) is 0. The van der Waals surface area contributed by atoms with Crippen LogP contribution < -0.4 is 5.73 Å². The van der Waals surface area contributed by atoms with Crippen molar-refractivity contribution in [3.05, 3.63) is 34.3 Å². The standard InChI is InChI=1S/C11H16ClN/c1-4-11(3,13)9-5-6-10(12)8(2)7-9/h5-7H,4,13H2,1-3H3. The molecule has 0 radical (unpaired) electrons. The maximum absolute atomic E-state index is 6.11. The lowest BCUT2D eigenvalue weighted by Crippen LogP contribution is -2.31. The van der Waals surface area contributed by atoms with E-state index in [1.165, 1.54) is 0 Å². The molecule has 72 valence electrons. The third-order valence-electron chi connectivity index (χ3n) is 2.55. The van der Waals surface area contributed by atoms with Crippen LogP contribution in [-0.4, -0.2) is 0 Å². The number of nitrogens with two attached hydrogens (primary N) is 1. The SMILES string of the molecule is CCC(C)(N)c1ccc(Cl)c(C)c1. The lowest BCUT2D eigenvalue weighted by atomic mass is 9.90. The molecule has 0 heterocycles. The fraction of sp³-hybridized carbons (Fsp3) is 0.455. The maximum Gasteiger partial charge on any atom is 0.0435 e. The molecule has 0 aliphatic heterocycles. The van der Waals surface area contributed by atoms with Crippen molar-refractivity contribution in [2.24, 2.45) is 5.73 Å². The van der Waals surface area contributed by atoms with E-state index in [1.54, 1.807) is 0 Å². The first-order chi connectivity index (χ1) is 5.97. The van der Waals surface area contributed by atoms with Gasteiger partial charge >= 0.3 is 0 Å². The van der Waals surface area contributed by atoms with E-state index in [9.17, 15) is 0 Å². The summed E-state index contributed by atoms with van der Waals surface area (Å²) >= 11 is 5.93. The predicted molar refractivity (Wildman–Crippen MR) is 58.0 cm³/mol. The first kappa shape index (κ1) is 10.6. The highest BCUT2D eigenvalue weighted by Crippen LogP contribution is 2.25. The van der Waals surface area contributed by atoms with Crippen molar-refractivity contribution in [1.29, 1.82) is 0 Å². The van der Waals surface area contributed by atoms with Crippen LogP contribution in [0, 0.1) is 6.92 Å². The number of halogens is 1. The maximum atomic E-state index is 6.11. The van der Waals surface area contributed by atoms with Crippen LogP contribution >= 0.6 is 11.6 Å². The molecule has 2 heteroatoms. The van der Waals surface area contributed by atoms with Crippen molar-refractivity contribution in [3.63, 3.8) is 0 Å². The normalized spacial score (nSPS) is 15.5. The molecule has 0 aliphatic carbocycles. The quantitative estimate of drug-likeness (QED) is 0.774. The van der Waals surface area contributed by atoms with Crippen LogP contribution in [0.3, 0.4) is 0 Å². The molecule has 1 aromatic rings. The average Bonchev–Trinajstić information content (AvgIpc) is 2.09. The summed E-state index contributed by atoms with van der Waals surface area (Å²) in [6.07, 6.45) is 0.925. The van der Waals surface area contributed by atoms with Gasteiger partial charge in [-0.05, 0) is 37.5 Å². The minimum absolute atomic E-state index is 0.241. The first-order valence-electron chi connectivity index (χ1n) is 4.53. The molecule has 0 amide bonds. The monoisotopic (exact) mass is 197 g/mol. The number of hydrogen-bond acceptors (Lipinski definition) is 1. The summed E-state index contributed by atoms with van der Waals surface area (Å²) in [6, 6.07) is 5.97. The van der Waals surface area contributed by atoms with Gasteiger partial charge in [0, 0.05) is 10.6 Å². The van der Waals surface area contributed by atoms with Gasteiger partial charge in [0.15, 0.2) is 0 Å². The third kappa shape index (κ3) is 2.23. The fourth-order valence-electron chi connectivity index (χ4n) is 1.20. The minimum atomic E-state index is -0.241. The van der Waals surface area contributed by atoms with E-state index >= 15 is 0 Å². The Morgan fingerprint density at radius 3 is 2.54 bits per heavy atom. The van der Waals surface area contributed by atoms with Crippen LogP contribution in [-0.2, 0) is 5.54 Å². The van der Waals surface area contributed by atoms with Gasteiger partial charge in [-0.3, -0.25) is 0 Å². The molecule has 1 rings (SSSR count). The summed E-state index contributed by atoms with van der Waals surface area (Å²) in [5.41, 5.74) is 8.11. The van der Waals surface area contributed by atoms with Crippen LogP contribution in [0.2, 0.25) is 5.02 Å². The molecule has 0 aromatic heterocycles. The molecular weight excluding hydrogens is 182 g/mol. The van der Waals surface area contributed by atoms with Gasteiger partial charge in [0.25, 0.3) is 0 Å². The van der Waals surface area contributed by atoms with Gasteiger partial charge in [-0.1, -0.05) is 30.7 Å². The molecule has 0 saturated heterocycles. The lowest BCUT2D eigenvalue weighted by Gasteiger charge is -2.23. The summed E-state index contributed by atoms with van der Waals surface area (Å²) in [5, 5.41) is 0.802. The average molecular weight is 198 g/mol. The number of rotatable bonds is 2. The molecule has 2 N–H and O–H groups in total. The second-order valence-corrected chi connectivity index (χ2v) is 4.14. The number of aryl methyl sites for hydroxylation is 1. The Kier molecular flexibility index (Phi) is 2.99. The Hall–Kier alpha value is -0.530. The summed E-state index contributed by atoms with van der Waals surface area (Å²) < 4.78 is 0. The van der Waals surface area contributed by atoms with Gasteiger partial charge in [-0.15, -0.1) is 0 Å².